The van der Waals surface area contributed by atoms with Crippen LogP contribution in [0.2, 0.25) is 0 Å². The Morgan fingerprint density at radius 2 is 1.97 bits per heavy atom. The zero-order valence-electron chi connectivity index (χ0n) is 17.8. The third-order valence-electron chi connectivity index (χ3n) is 7.86. The van der Waals surface area contributed by atoms with E-state index in [4.69, 9.17) is 15.2 Å². The zero-order valence-corrected chi connectivity index (χ0v) is 17.8. The van der Waals surface area contributed by atoms with Crippen molar-refractivity contribution in [2.75, 3.05) is 31.2 Å². The molecule has 1 saturated heterocycles. The van der Waals surface area contributed by atoms with Gasteiger partial charge in [-0.15, -0.1) is 0 Å². The monoisotopic (exact) mass is 431 g/mol. The summed E-state index contributed by atoms with van der Waals surface area (Å²) in [5.41, 5.74) is 6.55. The van der Waals surface area contributed by atoms with Crippen LogP contribution in [0.3, 0.4) is 0 Å². The van der Waals surface area contributed by atoms with E-state index in [1.165, 1.54) is 19.2 Å². The highest BCUT2D eigenvalue weighted by Crippen LogP contribution is 2.61. The summed E-state index contributed by atoms with van der Waals surface area (Å²) in [6, 6.07) is 4.32. The average molecular weight is 432 g/mol. The Balaban J connectivity index is 1.19. The molecule has 8 heteroatoms. The molecule has 0 aromatic heterocycles. The molecule has 4 saturated carbocycles. The van der Waals surface area contributed by atoms with E-state index >= 15 is 0 Å². The van der Waals surface area contributed by atoms with Gasteiger partial charge in [-0.3, -0.25) is 4.79 Å². The highest BCUT2D eigenvalue weighted by molar-refractivity contribution is 5.77. The fraction of sp³-hybridized carbons (Fsp3) is 0.652. The van der Waals surface area contributed by atoms with Gasteiger partial charge < -0.3 is 25.4 Å². The van der Waals surface area contributed by atoms with Gasteiger partial charge in [-0.2, -0.15) is 0 Å². The fourth-order valence-electron chi connectivity index (χ4n) is 6.76. The number of rotatable bonds is 4. The van der Waals surface area contributed by atoms with Crippen molar-refractivity contribution in [2.45, 2.75) is 50.7 Å². The number of amides is 1. The number of carbonyl (C=O) groups is 2. The number of nitrogens with two attached hydrogens (primary N) is 1. The molecule has 3 unspecified atom stereocenters. The molecule has 3 atom stereocenters. The number of nitrogen functional groups attached to an aromatic ring is 1. The van der Waals surface area contributed by atoms with Gasteiger partial charge in [0.25, 0.3) is 0 Å². The average Bonchev–Trinajstić information content (AvgIpc) is 3.20. The first-order chi connectivity index (χ1) is 14.9. The second-order valence-corrected chi connectivity index (χ2v) is 9.90. The van der Waals surface area contributed by atoms with Crippen LogP contribution >= 0.6 is 0 Å². The van der Waals surface area contributed by atoms with Gasteiger partial charge in [0.1, 0.15) is 11.9 Å². The van der Waals surface area contributed by atoms with Crippen molar-refractivity contribution in [1.82, 2.24) is 4.90 Å². The van der Waals surface area contributed by atoms with Crippen LogP contribution in [0.4, 0.5) is 20.6 Å². The summed E-state index contributed by atoms with van der Waals surface area (Å²) in [7, 11) is 1.47. The van der Waals surface area contributed by atoms with E-state index in [-0.39, 0.29) is 47.3 Å². The van der Waals surface area contributed by atoms with Crippen molar-refractivity contribution in [2.24, 2.45) is 23.2 Å². The van der Waals surface area contributed by atoms with Crippen LogP contribution in [0, 0.1) is 29.0 Å². The van der Waals surface area contributed by atoms with Crippen LogP contribution in [0.25, 0.3) is 0 Å². The number of hydrogen-bond acceptors (Lipinski definition) is 6. The van der Waals surface area contributed by atoms with Gasteiger partial charge in [0.05, 0.1) is 23.9 Å². The molecule has 3 N–H and O–H groups in total. The quantitative estimate of drug-likeness (QED) is 0.561. The number of methoxy groups -OCH3 is 1. The van der Waals surface area contributed by atoms with Gasteiger partial charge in [0, 0.05) is 19.1 Å². The standard InChI is InChI=1S/C23H30FN3O4/c1-30-21(28)23-9-13-6-14(10-23)20(15(7-13)11-23)31-22(29)27-5-4-17(12-27)26-19-3-2-16(24)8-18(19)25/h2-3,8,13-15,17,20,26H,4-7,9-12,25H2,1H3. The Morgan fingerprint density at radius 3 is 2.65 bits per heavy atom. The SMILES string of the molecule is COC(=O)C12CC3CC(C1)C(OC(=O)N1CCC(Nc4ccc(F)cc4N)C1)C(C3)C2. The maximum Gasteiger partial charge on any atom is 0.410 e. The smallest absolute Gasteiger partial charge is 0.410 e. The predicted octanol–water partition coefficient (Wildman–Crippen LogP) is 3.40. The van der Waals surface area contributed by atoms with Crippen LogP contribution in [0.15, 0.2) is 18.2 Å². The third kappa shape index (κ3) is 3.59. The van der Waals surface area contributed by atoms with E-state index in [1.807, 2.05) is 0 Å². The number of carbonyl (C=O) groups excluding carboxylic acids is 2. The van der Waals surface area contributed by atoms with E-state index in [2.05, 4.69) is 5.32 Å². The zero-order chi connectivity index (χ0) is 21.8. The molecule has 1 heterocycles. The molecule has 7 nitrogen and oxygen atoms in total. The molecule has 1 amide bonds. The molecule has 5 aliphatic rings. The Morgan fingerprint density at radius 1 is 1.23 bits per heavy atom. The second-order valence-electron chi connectivity index (χ2n) is 9.90. The Bertz CT molecular complexity index is 878. The molecule has 5 fully saturated rings. The molecule has 168 valence electrons. The summed E-state index contributed by atoms with van der Waals surface area (Å²) >= 11 is 0. The Hall–Kier alpha value is -2.51. The molecular weight excluding hydrogens is 401 g/mol. The van der Waals surface area contributed by atoms with E-state index < -0.39 is 0 Å². The van der Waals surface area contributed by atoms with Crippen LogP contribution < -0.4 is 11.1 Å². The molecule has 6 rings (SSSR count). The van der Waals surface area contributed by atoms with E-state index in [0.29, 0.717) is 30.4 Å². The lowest BCUT2D eigenvalue weighted by Crippen LogP contribution is -2.58. The van der Waals surface area contributed by atoms with Crippen molar-refractivity contribution in [3.8, 4) is 0 Å². The van der Waals surface area contributed by atoms with Crippen LogP contribution in [0.5, 0.6) is 0 Å². The largest absolute Gasteiger partial charge is 0.469 e. The number of halogens is 1. The molecule has 4 bridgehead atoms. The lowest BCUT2D eigenvalue weighted by molar-refractivity contribution is -0.182. The normalized spacial score (nSPS) is 35.8. The van der Waals surface area contributed by atoms with E-state index in [9.17, 15) is 14.0 Å². The van der Waals surface area contributed by atoms with E-state index in [1.54, 1.807) is 11.0 Å². The molecule has 4 aliphatic carbocycles. The number of likely N-dealkylation sites (tertiary alicyclic amines) is 1. The van der Waals surface area contributed by atoms with Gasteiger partial charge in [-0.1, -0.05) is 0 Å². The molecular formula is C23H30FN3O4. The topological polar surface area (TPSA) is 93.9 Å². The van der Waals surface area contributed by atoms with Crippen molar-refractivity contribution in [3.05, 3.63) is 24.0 Å². The number of esters is 1. The van der Waals surface area contributed by atoms with E-state index in [0.717, 1.165) is 38.5 Å². The molecule has 31 heavy (non-hydrogen) atoms. The Kier molecular flexibility index (Phi) is 4.98. The molecule has 1 aromatic rings. The number of hydrogen-bond donors (Lipinski definition) is 2. The summed E-state index contributed by atoms with van der Waals surface area (Å²) in [6.07, 6.45) is 4.89. The number of anilines is 2. The number of ether oxygens (including phenoxy) is 2. The molecule has 0 spiro atoms. The fourth-order valence-corrected chi connectivity index (χ4v) is 6.76. The summed E-state index contributed by atoms with van der Waals surface area (Å²) in [4.78, 5) is 27.1. The van der Waals surface area contributed by atoms with Gasteiger partial charge >= 0.3 is 12.1 Å². The minimum Gasteiger partial charge on any atom is -0.469 e. The number of nitrogens with zero attached hydrogens (tertiary/aromatic N) is 1. The van der Waals surface area contributed by atoms with Crippen LogP contribution in [-0.2, 0) is 14.3 Å². The van der Waals surface area contributed by atoms with Gasteiger partial charge in [-0.25, -0.2) is 9.18 Å². The highest BCUT2D eigenvalue weighted by atomic mass is 19.1. The van der Waals surface area contributed by atoms with Gasteiger partial charge in [0.2, 0.25) is 0 Å². The van der Waals surface area contributed by atoms with Crippen LogP contribution in [0.1, 0.15) is 38.5 Å². The molecule has 1 aliphatic heterocycles. The van der Waals surface area contributed by atoms with Crippen molar-refractivity contribution in [1.29, 1.82) is 0 Å². The van der Waals surface area contributed by atoms with Gasteiger partial charge in [-0.05, 0) is 74.5 Å². The minimum atomic E-state index is -0.371. The second kappa shape index (κ2) is 7.57. The first-order valence-electron chi connectivity index (χ1n) is 11.2. The third-order valence-corrected chi connectivity index (χ3v) is 7.86. The predicted molar refractivity (Wildman–Crippen MR) is 113 cm³/mol. The summed E-state index contributed by atoms with van der Waals surface area (Å²) in [5.74, 6) is 0.553. The van der Waals surface area contributed by atoms with Crippen molar-refractivity contribution < 1.29 is 23.5 Å². The lowest BCUT2D eigenvalue weighted by atomic mass is 9.48. The number of benzene rings is 1. The minimum absolute atomic E-state index is 0.0430. The summed E-state index contributed by atoms with van der Waals surface area (Å²) < 4.78 is 24.4. The molecule has 0 radical (unpaired) electrons. The van der Waals surface area contributed by atoms with Crippen LogP contribution in [-0.4, -0.2) is 49.3 Å². The highest BCUT2D eigenvalue weighted by Gasteiger charge is 2.60. The maximum absolute atomic E-state index is 13.3. The first kappa shape index (κ1) is 20.4. The van der Waals surface area contributed by atoms with Crippen molar-refractivity contribution in [3.63, 3.8) is 0 Å². The maximum atomic E-state index is 13.3. The first-order valence-corrected chi connectivity index (χ1v) is 11.2. The lowest BCUT2D eigenvalue weighted by Gasteiger charge is -2.57. The van der Waals surface area contributed by atoms with Gasteiger partial charge in [0.15, 0.2) is 0 Å². The number of nitrogens with one attached hydrogen (secondary N) is 1. The van der Waals surface area contributed by atoms with Crippen molar-refractivity contribution >= 4 is 23.4 Å². The Labute approximate surface area is 181 Å². The summed E-state index contributed by atoms with van der Waals surface area (Å²) in [6.45, 7) is 1.13. The summed E-state index contributed by atoms with van der Waals surface area (Å²) in [5, 5.41) is 3.31. The molecule has 1 aromatic carbocycles.